The van der Waals surface area contributed by atoms with Crippen molar-refractivity contribution in [2.75, 3.05) is 39.3 Å². The highest BCUT2D eigenvalue weighted by Crippen LogP contribution is 2.13. The third-order valence-corrected chi connectivity index (χ3v) is 4.76. The lowest BCUT2D eigenvalue weighted by Crippen LogP contribution is -2.49. The topological polar surface area (TPSA) is 78.5 Å². The molecule has 3 heterocycles. The predicted molar refractivity (Wildman–Crippen MR) is 89.8 cm³/mol. The molecular formula is C17H26N4O3. The maximum absolute atomic E-state index is 12.5. The van der Waals surface area contributed by atoms with Crippen molar-refractivity contribution >= 4 is 5.91 Å². The number of morpholine rings is 1. The quantitative estimate of drug-likeness (QED) is 0.844. The highest BCUT2D eigenvalue weighted by atomic mass is 16.5. The van der Waals surface area contributed by atoms with Crippen LogP contribution in [0.2, 0.25) is 0 Å². The van der Waals surface area contributed by atoms with E-state index < -0.39 is 0 Å². The number of carbonyl (C=O) groups is 1. The fraction of sp³-hybridized carbons (Fsp3) is 0.706. The van der Waals surface area contributed by atoms with Gasteiger partial charge in [0.15, 0.2) is 0 Å². The number of amides is 1. The van der Waals surface area contributed by atoms with E-state index in [1.807, 2.05) is 4.90 Å². The molecule has 2 aliphatic rings. The van der Waals surface area contributed by atoms with E-state index in [-0.39, 0.29) is 17.6 Å². The highest BCUT2D eigenvalue weighted by Gasteiger charge is 2.25. The van der Waals surface area contributed by atoms with Crippen LogP contribution in [0.1, 0.15) is 31.4 Å². The van der Waals surface area contributed by atoms with Crippen LogP contribution in [0.15, 0.2) is 17.2 Å². The fourth-order valence-corrected chi connectivity index (χ4v) is 3.38. The van der Waals surface area contributed by atoms with Gasteiger partial charge in [0.2, 0.25) is 5.91 Å². The number of hydrogen-bond acceptors (Lipinski definition) is 5. The van der Waals surface area contributed by atoms with E-state index in [0.29, 0.717) is 32.7 Å². The Morgan fingerprint density at radius 2 is 2.12 bits per heavy atom. The molecule has 0 saturated carbocycles. The SMILES string of the molecule is O=C(CN1CCCCC1)N1CCOC(CCc2cc(=O)[nH]cn2)C1. The fourth-order valence-electron chi connectivity index (χ4n) is 3.38. The second kappa shape index (κ2) is 8.39. The van der Waals surface area contributed by atoms with Gasteiger partial charge in [-0.15, -0.1) is 0 Å². The van der Waals surface area contributed by atoms with Crippen LogP contribution < -0.4 is 5.56 Å². The summed E-state index contributed by atoms with van der Waals surface area (Å²) >= 11 is 0. The Balaban J connectivity index is 1.46. The first-order valence-corrected chi connectivity index (χ1v) is 8.86. The molecule has 7 heteroatoms. The normalized spacial score (nSPS) is 22.5. The summed E-state index contributed by atoms with van der Waals surface area (Å²) < 4.78 is 5.78. The Morgan fingerprint density at radius 1 is 1.29 bits per heavy atom. The minimum atomic E-state index is -0.136. The minimum Gasteiger partial charge on any atom is -0.375 e. The van der Waals surface area contributed by atoms with Crippen LogP contribution in [0.3, 0.4) is 0 Å². The molecule has 0 radical (unpaired) electrons. The summed E-state index contributed by atoms with van der Waals surface area (Å²) in [6.07, 6.45) is 6.57. The summed E-state index contributed by atoms with van der Waals surface area (Å²) in [7, 11) is 0. The Bertz CT molecular complexity index is 597. The second-order valence-corrected chi connectivity index (χ2v) is 6.61. The van der Waals surface area contributed by atoms with Gasteiger partial charge in [-0.2, -0.15) is 0 Å². The highest BCUT2D eigenvalue weighted by molar-refractivity contribution is 5.78. The van der Waals surface area contributed by atoms with Gasteiger partial charge < -0.3 is 14.6 Å². The van der Waals surface area contributed by atoms with Crippen LogP contribution in [-0.4, -0.2) is 71.1 Å². The summed E-state index contributed by atoms with van der Waals surface area (Å²) in [6.45, 7) is 4.49. The number of ether oxygens (including phenoxy) is 1. The van der Waals surface area contributed by atoms with Gasteiger partial charge in [-0.25, -0.2) is 4.98 Å². The molecule has 132 valence electrons. The van der Waals surface area contributed by atoms with E-state index in [4.69, 9.17) is 4.74 Å². The van der Waals surface area contributed by atoms with Gasteiger partial charge in [0.1, 0.15) is 0 Å². The number of aryl methyl sites for hydroxylation is 1. The standard InChI is InChI=1S/C17H26N4O3/c22-16-10-14(18-13-19-16)4-5-15-11-21(8-9-24-15)17(23)12-20-6-2-1-3-7-20/h10,13,15H,1-9,11-12H2,(H,18,19,22). The molecule has 2 aliphatic heterocycles. The Labute approximate surface area is 142 Å². The van der Waals surface area contributed by atoms with E-state index in [1.165, 1.54) is 31.7 Å². The lowest BCUT2D eigenvalue weighted by Gasteiger charge is -2.35. The molecule has 0 aromatic carbocycles. The minimum absolute atomic E-state index is 0.0187. The molecule has 0 bridgehead atoms. The molecule has 1 aromatic rings. The molecule has 1 unspecified atom stereocenters. The van der Waals surface area contributed by atoms with Crippen molar-refractivity contribution in [3.63, 3.8) is 0 Å². The van der Waals surface area contributed by atoms with E-state index >= 15 is 0 Å². The molecule has 7 nitrogen and oxygen atoms in total. The average molecular weight is 334 g/mol. The van der Waals surface area contributed by atoms with Gasteiger partial charge in [-0.05, 0) is 38.8 Å². The lowest BCUT2D eigenvalue weighted by atomic mass is 10.1. The number of piperidine rings is 1. The number of nitrogens with zero attached hydrogens (tertiary/aromatic N) is 3. The van der Waals surface area contributed by atoms with Gasteiger partial charge in [0.05, 0.1) is 25.6 Å². The van der Waals surface area contributed by atoms with Crippen molar-refractivity contribution in [2.45, 2.75) is 38.2 Å². The zero-order valence-electron chi connectivity index (χ0n) is 14.1. The lowest BCUT2D eigenvalue weighted by molar-refractivity contribution is -0.140. The smallest absolute Gasteiger partial charge is 0.250 e. The van der Waals surface area contributed by atoms with Crippen molar-refractivity contribution in [1.82, 2.24) is 19.8 Å². The number of nitrogens with one attached hydrogen (secondary N) is 1. The first-order chi connectivity index (χ1) is 11.7. The average Bonchev–Trinajstić information content (AvgIpc) is 2.61. The van der Waals surface area contributed by atoms with E-state index in [0.717, 1.165) is 25.2 Å². The third-order valence-electron chi connectivity index (χ3n) is 4.76. The van der Waals surface area contributed by atoms with Crippen LogP contribution in [-0.2, 0) is 16.0 Å². The molecule has 0 aliphatic carbocycles. The van der Waals surface area contributed by atoms with E-state index in [2.05, 4.69) is 14.9 Å². The molecule has 1 atom stereocenters. The summed E-state index contributed by atoms with van der Waals surface area (Å²) in [6, 6.07) is 1.52. The Morgan fingerprint density at radius 3 is 2.92 bits per heavy atom. The Hall–Kier alpha value is -1.73. The van der Waals surface area contributed by atoms with Gasteiger partial charge in [-0.3, -0.25) is 14.5 Å². The number of aromatic nitrogens is 2. The van der Waals surface area contributed by atoms with Crippen molar-refractivity contribution in [1.29, 1.82) is 0 Å². The van der Waals surface area contributed by atoms with Crippen LogP contribution in [0, 0.1) is 0 Å². The molecule has 24 heavy (non-hydrogen) atoms. The van der Waals surface area contributed by atoms with Crippen molar-refractivity contribution in [3.05, 3.63) is 28.4 Å². The van der Waals surface area contributed by atoms with Crippen LogP contribution >= 0.6 is 0 Å². The molecular weight excluding hydrogens is 308 g/mol. The summed E-state index contributed by atoms with van der Waals surface area (Å²) in [5.41, 5.74) is 0.627. The first kappa shape index (κ1) is 17.1. The number of hydrogen-bond donors (Lipinski definition) is 1. The largest absolute Gasteiger partial charge is 0.375 e. The van der Waals surface area contributed by atoms with Crippen molar-refractivity contribution < 1.29 is 9.53 Å². The third kappa shape index (κ3) is 4.88. The number of aromatic amines is 1. The van der Waals surface area contributed by atoms with Crippen LogP contribution in [0.5, 0.6) is 0 Å². The maximum atomic E-state index is 12.5. The summed E-state index contributed by atoms with van der Waals surface area (Å²) in [4.78, 5) is 34.6. The molecule has 1 aromatic heterocycles. The number of H-pyrrole nitrogens is 1. The zero-order valence-corrected chi connectivity index (χ0v) is 14.1. The maximum Gasteiger partial charge on any atom is 0.250 e. The summed E-state index contributed by atoms with van der Waals surface area (Å²) in [5, 5.41) is 0. The van der Waals surface area contributed by atoms with Gasteiger partial charge >= 0.3 is 0 Å². The van der Waals surface area contributed by atoms with Crippen LogP contribution in [0.4, 0.5) is 0 Å². The molecule has 2 saturated heterocycles. The zero-order chi connectivity index (χ0) is 16.8. The number of likely N-dealkylation sites (tertiary alicyclic amines) is 1. The second-order valence-electron chi connectivity index (χ2n) is 6.61. The van der Waals surface area contributed by atoms with E-state index in [1.54, 1.807) is 0 Å². The van der Waals surface area contributed by atoms with E-state index in [9.17, 15) is 9.59 Å². The van der Waals surface area contributed by atoms with Gasteiger partial charge in [0, 0.05) is 24.8 Å². The van der Waals surface area contributed by atoms with Crippen LogP contribution in [0.25, 0.3) is 0 Å². The first-order valence-electron chi connectivity index (χ1n) is 8.86. The van der Waals surface area contributed by atoms with Gasteiger partial charge in [-0.1, -0.05) is 6.42 Å². The molecule has 0 spiro atoms. The Kier molecular flexibility index (Phi) is 5.98. The predicted octanol–water partition coefficient (Wildman–Crippen LogP) is 0.416. The number of rotatable bonds is 5. The molecule has 1 amide bonds. The molecule has 3 rings (SSSR count). The van der Waals surface area contributed by atoms with Crippen molar-refractivity contribution in [3.8, 4) is 0 Å². The van der Waals surface area contributed by atoms with Gasteiger partial charge in [0.25, 0.3) is 5.56 Å². The van der Waals surface area contributed by atoms with Crippen molar-refractivity contribution in [2.24, 2.45) is 0 Å². The summed E-state index contributed by atoms with van der Waals surface area (Å²) in [5.74, 6) is 0.208. The monoisotopic (exact) mass is 334 g/mol. The molecule has 2 fully saturated rings. The number of carbonyl (C=O) groups excluding carboxylic acids is 1. The molecule has 1 N–H and O–H groups in total.